The van der Waals surface area contributed by atoms with Gasteiger partial charge in [0.25, 0.3) is 5.91 Å². The summed E-state index contributed by atoms with van der Waals surface area (Å²) in [6.07, 6.45) is 1.39. The van der Waals surface area contributed by atoms with Crippen LogP contribution in [-0.2, 0) is 9.59 Å². The second kappa shape index (κ2) is 7.52. The number of ketones is 1. The highest BCUT2D eigenvalue weighted by Gasteiger charge is 2.40. The van der Waals surface area contributed by atoms with Crippen LogP contribution in [0.15, 0.2) is 66.2 Å². The zero-order chi connectivity index (χ0) is 22.5. The lowest BCUT2D eigenvalue weighted by Gasteiger charge is -2.40. The van der Waals surface area contributed by atoms with Crippen LogP contribution >= 0.6 is 0 Å². The highest BCUT2D eigenvalue weighted by molar-refractivity contribution is 6.12. The lowest BCUT2D eigenvalue weighted by atomic mass is 9.68. The molecule has 162 valence electrons. The highest BCUT2D eigenvalue weighted by atomic mass is 16.5. The first-order chi connectivity index (χ1) is 15.3. The maximum atomic E-state index is 13.4. The van der Waals surface area contributed by atoms with Crippen LogP contribution in [0.2, 0.25) is 0 Å². The third-order valence-electron chi connectivity index (χ3n) is 6.33. The number of carbonyl (C=O) groups is 2. The minimum atomic E-state index is -0.517. The number of fused-ring (bicyclic) bond motifs is 4. The Morgan fingerprint density at radius 1 is 1.06 bits per heavy atom. The molecule has 0 fully saturated rings. The van der Waals surface area contributed by atoms with Crippen molar-refractivity contribution in [1.82, 2.24) is 0 Å². The molecule has 1 aliphatic heterocycles. The minimum absolute atomic E-state index is 0.0848. The van der Waals surface area contributed by atoms with Gasteiger partial charge in [-0.2, -0.15) is 0 Å². The molecule has 1 amide bonds. The van der Waals surface area contributed by atoms with E-state index in [0.717, 1.165) is 34.4 Å². The van der Waals surface area contributed by atoms with Gasteiger partial charge in [-0.05, 0) is 51.9 Å². The van der Waals surface area contributed by atoms with Crippen LogP contribution in [0.5, 0.6) is 5.75 Å². The van der Waals surface area contributed by atoms with Gasteiger partial charge in [0, 0.05) is 23.2 Å². The van der Waals surface area contributed by atoms with Gasteiger partial charge in [0.05, 0.1) is 6.04 Å². The lowest BCUT2D eigenvalue weighted by Crippen LogP contribution is -2.33. The molecule has 0 saturated carbocycles. The monoisotopic (exact) mass is 426 g/mol. The molecule has 1 unspecified atom stereocenters. The van der Waals surface area contributed by atoms with Gasteiger partial charge in [0.1, 0.15) is 5.75 Å². The Morgan fingerprint density at radius 2 is 1.81 bits per heavy atom. The molecular weight excluding hydrogens is 400 g/mol. The Hall–Kier alpha value is -3.60. The highest BCUT2D eigenvalue weighted by Crippen LogP contribution is 2.52. The first-order valence-electron chi connectivity index (χ1n) is 10.9. The number of carbonyl (C=O) groups excluding carboxylic acids is 2. The fourth-order valence-corrected chi connectivity index (χ4v) is 5.00. The molecule has 3 aromatic rings. The van der Waals surface area contributed by atoms with Gasteiger partial charge < -0.3 is 15.8 Å². The van der Waals surface area contributed by atoms with E-state index in [1.807, 2.05) is 30.3 Å². The fourth-order valence-electron chi connectivity index (χ4n) is 5.00. The fraction of sp³-hybridized carbons (Fsp3) is 0.259. The normalized spacial score (nSPS) is 19.2. The summed E-state index contributed by atoms with van der Waals surface area (Å²) in [6.45, 7) is 4.17. The molecule has 32 heavy (non-hydrogen) atoms. The third kappa shape index (κ3) is 3.54. The molecule has 5 heteroatoms. The molecule has 0 aromatic heterocycles. The van der Waals surface area contributed by atoms with Crippen LogP contribution in [0.25, 0.3) is 16.3 Å². The van der Waals surface area contributed by atoms with Crippen molar-refractivity contribution in [3.63, 3.8) is 0 Å². The molecule has 1 atom stereocenters. The summed E-state index contributed by atoms with van der Waals surface area (Å²) in [5.74, 6) is 0.249. The van der Waals surface area contributed by atoms with E-state index in [9.17, 15) is 9.59 Å². The second-order valence-electron chi connectivity index (χ2n) is 9.44. The molecule has 0 saturated heterocycles. The largest absolute Gasteiger partial charge is 0.484 e. The number of allylic oxidation sites excluding steroid dienone is 1. The zero-order valence-corrected chi connectivity index (χ0v) is 18.3. The molecule has 3 aromatic carbocycles. The number of rotatable bonds is 4. The van der Waals surface area contributed by atoms with Crippen LogP contribution in [0.4, 0.5) is 5.69 Å². The smallest absolute Gasteiger partial charge is 0.255 e. The predicted octanol–water partition coefficient (Wildman–Crippen LogP) is 5.01. The zero-order valence-electron chi connectivity index (χ0n) is 18.3. The molecule has 5 rings (SSSR count). The summed E-state index contributed by atoms with van der Waals surface area (Å²) >= 11 is 0. The predicted molar refractivity (Wildman–Crippen MR) is 126 cm³/mol. The molecular formula is C27H26N2O3. The number of ether oxygens (including phenoxy) is 1. The van der Waals surface area contributed by atoms with Gasteiger partial charge in [-0.1, -0.05) is 56.3 Å². The van der Waals surface area contributed by atoms with Crippen molar-refractivity contribution in [3.8, 4) is 5.75 Å². The topological polar surface area (TPSA) is 81.4 Å². The van der Waals surface area contributed by atoms with E-state index < -0.39 is 5.91 Å². The SMILES string of the molecule is CC1(C)CC(=O)C2=C(C1)c1c(ccc3ccccc13)NC2c1ccc(OCC(N)=O)cc1. The third-order valence-corrected chi connectivity index (χ3v) is 6.33. The van der Waals surface area contributed by atoms with E-state index in [0.29, 0.717) is 12.2 Å². The number of nitrogens with two attached hydrogens (primary N) is 1. The van der Waals surface area contributed by atoms with Gasteiger partial charge >= 0.3 is 0 Å². The number of amides is 1. The van der Waals surface area contributed by atoms with Crippen LogP contribution in [-0.4, -0.2) is 18.3 Å². The summed E-state index contributed by atoms with van der Waals surface area (Å²) in [5, 5.41) is 5.98. The van der Waals surface area contributed by atoms with Crippen LogP contribution < -0.4 is 15.8 Å². The van der Waals surface area contributed by atoms with Crippen molar-refractivity contribution < 1.29 is 14.3 Å². The average molecular weight is 427 g/mol. The molecule has 1 heterocycles. The lowest BCUT2D eigenvalue weighted by molar-refractivity contribution is -0.120. The number of hydrogen-bond acceptors (Lipinski definition) is 4. The van der Waals surface area contributed by atoms with Crippen molar-refractivity contribution in [3.05, 3.63) is 77.4 Å². The summed E-state index contributed by atoms with van der Waals surface area (Å²) in [7, 11) is 0. The average Bonchev–Trinajstić information content (AvgIpc) is 2.76. The number of Topliss-reactive ketones (excluding diaryl/α,β-unsaturated/α-hetero) is 1. The van der Waals surface area contributed by atoms with E-state index in [2.05, 4.69) is 49.5 Å². The minimum Gasteiger partial charge on any atom is -0.484 e. The van der Waals surface area contributed by atoms with Crippen molar-refractivity contribution in [2.24, 2.45) is 11.1 Å². The Balaban J connectivity index is 1.63. The molecule has 3 N–H and O–H groups in total. The Morgan fingerprint density at radius 3 is 2.56 bits per heavy atom. The number of hydrogen-bond donors (Lipinski definition) is 2. The van der Waals surface area contributed by atoms with E-state index in [1.165, 1.54) is 10.8 Å². The summed E-state index contributed by atoms with van der Waals surface area (Å²) < 4.78 is 5.40. The van der Waals surface area contributed by atoms with Gasteiger partial charge in [0.15, 0.2) is 12.4 Å². The van der Waals surface area contributed by atoms with E-state index in [4.69, 9.17) is 10.5 Å². The molecule has 0 bridgehead atoms. The molecule has 1 aliphatic carbocycles. The molecule has 0 radical (unpaired) electrons. The van der Waals surface area contributed by atoms with E-state index >= 15 is 0 Å². The first-order valence-corrected chi connectivity index (χ1v) is 10.9. The maximum Gasteiger partial charge on any atom is 0.255 e. The Bertz CT molecular complexity index is 1270. The molecule has 5 nitrogen and oxygen atoms in total. The number of nitrogens with one attached hydrogen (secondary N) is 1. The number of anilines is 1. The number of benzene rings is 3. The maximum absolute atomic E-state index is 13.4. The molecule has 0 spiro atoms. The summed E-state index contributed by atoms with van der Waals surface area (Å²) in [5.41, 5.74) is 10.3. The van der Waals surface area contributed by atoms with Crippen LogP contribution in [0.3, 0.4) is 0 Å². The van der Waals surface area contributed by atoms with Crippen LogP contribution in [0.1, 0.15) is 43.9 Å². The summed E-state index contributed by atoms with van der Waals surface area (Å²) in [4.78, 5) is 24.4. The van der Waals surface area contributed by atoms with E-state index in [-0.39, 0.29) is 23.8 Å². The van der Waals surface area contributed by atoms with Gasteiger partial charge in [0.2, 0.25) is 0 Å². The second-order valence-corrected chi connectivity index (χ2v) is 9.44. The van der Waals surface area contributed by atoms with Gasteiger partial charge in [-0.25, -0.2) is 0 Å². The number of primary amides is 1. The van der Waals surface area contributed by atoms with Crippen molar-refractivity contribution >= 4 is 33.7 Å². The van der Waals surface area contributed by atoms with Crippen LogP contribution in [0, 0.1) is 5.41 Å². The Labute approximate surface area is 187 Å². The quantitative estimate of drug-likeness (QED) is 0.614. The van der Waals surface area contributed by atoms with Crippen molar-refractivity contribution in [1.29, 1.82) is 0 Å². The first kappa shape index (κ1) is 20.3. The van der Waals surface area contributed by atoms with E-state index in [1.54, 1.807) is 0 Å². The van der Waals surface area contributed by atoms with Gasteiger partial charge in [-0.15, -0.1) is 0 Å². The van der Waals surface area contributed by atoms with Crippen molar-refractivity contribution in [2.45, 2.75) is 32.7 Å². The van der Waals surface area contributed by atoms with Gasteiger partial charge in [-0.3, -0.25) is 9.59 Å². The Kier molecular flexibility index (Phi) is 4.77. The standard InChI is InChI=1S/C27H26N2O3/c1-27(2)13-20-24-19-6-4-3-5-16(19)9-12-21(24)29-26(25(20)22(30)14-27)17-7-10-18(11-8-17)32-15-23(28)31/h3-12,26,29H,13-15H2,1-2H3,(H2,28,31). The molecule has 2 aliphatic rings. The summed E-state index contributed by atoms with van der Waals surface area (Å²) in [6, 6.07) is 19.9. The van der Waals surface area contributed by atoms with Crippen molar-refractivity contribution in [2.75, 3.05) is 11.9 Å².